The number of aromatic nitrogens is 2. The van der Waals surface area contributed by atoms with Gasteiger partial charge in [0.05, 0.1) is 11.4 Å². The quantitative estimate of drug-likeness (QED) is 0.180. The summed E-state index contributed by atoms with van der Waals surface area (Å²) in [5.41, 5.74) is 16.8. The van der Waals surface area contributed by atoms with Gasteiger partial charge in [0.1, 0.15) is 0 Å². The van der Waals surface area contributed by atoms with Gasteiger partial charge in [-0.05, 0) is 107 Å². The van der Waals surface area contributed by atoms with Crippen molar-refractivity contribution < 1.29 is 0 Å². The van der Waals surface area contributed by atoms with Crippen LogP contribution in [0.25, 0.3) is 34.2 Å². The minimum Gasteiger partial charge on any atom is -0.256 e. The van der Waals surface area contributed by atoms with Crippen LogP contribution in [0.2, 0.25) is 0 Å². The number of hydrogen-bond acceptors (Lipinski definition) is 2. The van der Waals surface area contributed by atoms with Gasteiger partial charge in [-0.15, -0.1) is 0 Å². The molecule has 0 N–H and O–H groups in total. The Bertz CT molecular complexity index is 2120. The van der Waals surface area contributed by atoms with E-state index >= 15 is 0 Å². The van der Waals surface area contributed by atoms with Crippen molar-refractivity contribution in [3.05, 3.63) is 204 Å². The number of benzene rings is 2. The molecule has 2 aromatic heterocycles. The topological polar surface area (TPSA) is 25.8 Å². The molecule has 7 rings (SSSR count). The number of rotatable bonds is 9. The summed E-state index contributed by atoms with van der Waals surface area (Å²) in [6.45, 7) is 15.7. The molecule has 0 spiro atoms. The van der Waals surface area contributed by atoms with Crippen LogP contribution in [-0.4, -0.2) is 9.97 Å². The molecule has 2 unspecified atom stereocenters. The number of allylic oxidation sites excluding steroid dienone is 14. The first-order chi connectivity index (χ1) is 24.6. The zero-order valence-corrected chi connectivity index (χ0v) is 29.0. The summed E-state index contributed by atoms with van der Waals surface area (Å²) in [6.07, 6.45) is 30.4. The lowest BCUT2D eigenvalue weighted by Crippen LogP contribution is -2.11. The fourth-order valence-electron chi connectivity index (χ4n) is 7.99. The smallest absolute Gasteiger partial charge is 0.0711 e. The van der Waals surface area contributed by atoms with Gasteiger partial charge in [-0.25, -0.2) is 0 Å². The maximum atomic E-state index is 5.03. The molecule has 0 aliphatic heterocycles. The molecule has 246 valence electrons. The van der Waals surface area contributed by atoms with Crippen molar-refractivity contribution in [3.8, 4) is 22.5 Å². The fourth-order valence-corrected chi connectivity index (χ4v) is 7.99. The predicted octanol–water partition coefficient (Wildman–Crippen LogP) is 12.2. The Hall–Kier alpha value is -5.60. The first kappa shape index (κ1) is 32.9. The van der Waals surface area contributed by atoms with Crippen LogP contribution in [0.3, 0.4) is 0 Å². The summed E-state index contributed by atoms with van der Waals surface area (Å²) in [5.74, 6) is 0.486. The number of hydrogen-bond donors (Lipinski definition) is 0. The number of pyridine rings is 2. The van der Waals surface area contributed by atoms with E-state index in [4.69, 9.17) is 16.5 Å². The van der Waals surface area contributed by atoms with Crippen molar-refractivity contribution in [2.75, 3.05) is 0 Å². The van der Waals surface area contributed by atoms with Crippen molar-refractivity contribution >= 4 is 11.6 Å². The highest BCUT2D eigenvalue weighted by molar-refractivity contribution is 6.02. The average Bonchev–Trinajstić information content (AvgIpc) is 3.65. The van der Waals surface area contributed by atoms with Gasteiger partial charge in [-0.2, -0.15) is 0 Å². The van der Waals surface area contributed by atoms with Crippen LogP contribution in [-0.2, 0) is 12.8 Å². The SMILES string of the molecule is C=Cc1c(CC2C/C3=C/C=C\C(=C)/C=C\C=C2C3)c(-c2ccccn2)c2c(c1-c1ccccn1)C(CC)C(=C)/C2=C\C=C/Cc1ccccc1. The van der Waals surface area contributed by atoms with Gasteiger partial charge in [0.25, 0.3) is 0 Å². The monoisotopic (exact) mass is 648 g/mol. The van der Waals surface area contributed by atoms with E-state index in [2.05, 4.69) is 135 Å². The Morgan fingerprint density at radius 3 is 2.20 bits per heavy atom. The predicted molar refractivity (Wildman–Crippen MR) is 212 cm³/mol. The highest BCUT2D eigenvalue weighted by Crippen LogP contribution is 2.56. The zero-order chi connectivity index (χ0) is 34.5. The Kier molecular flexibility index (Phi) is 9.80. The van der Waals surface area contributed by atoms with Crippen molar-refractivity contribution in [1.82, 2.24) is 9.97 Å². The van der Waals surface area contributed by atoms with Crippen molar-refractivity contribution in [3.63, 3.8) is 0 Å². The Balaban J connectivity index is 1.49. The Labute approximate surface area is 297 Å². The van der Waals surface area contributed by atoms with Crippen LogP contribution >= 0.6 is 0 Å². The third kappa shape index (κ3) is 6.54. The van der Waals surface area contributed by atoms with E-state index in [9.17, 15) is 0 Å². The molecule has 2 nitrogen and oxygen atoms in total. The molecular weight excluding hydrogens is 605 g/mol. The second-order valence-electron chi connectivity index (χ2n) is 13.4. The normalized spacial score (nSPS) is 21.5. The van der Waals surface area contributed by atoms with Crippen molar-refractivity contribution in [2.45, 2.75) is 44.9 Å². The van der Waals surface area contributed by atoms with E-state index in [0.717, 1.165) is 60.2 Å². The molecule has 2 aromatic carbocycles. The highest BCUT2D eigenvalue weighted by atomic mass is 14.7. The van der Waals surface area contributed by atoms with Crippen molar-refractivity contribution in [2.24, 2.45) is 5.92 Å². The van der Waals surface area contributed by atoms with Gasteiger partial charge in [0, 0.05) is 29.4 Å². The molecule has 50 heavy (non-hydrogen) atoms. The van der Waals surface area contributed by atoms with Gasteiger partial charge in [0.2, 0.25) is 0 Å². The van der Waals surface area contributed by atoms with Gasteiger partial charge in [0.15, 0.2) is 0 Å². The lowest BCUT2D eigenvalue weighted by Gasteiger charge is -2.26. The molecule has 2 bridgehead atoms. The maximum Gasteiger partial charge on any atom is 0.0711 e. The molecule has 1 fully saturated rings. The second kappa shape index (κ2) is 14.9. The van der Waals surface area contributed by atoms with Crippen LogP contribution in [0, 0.1) is 5.92 Å². The minimum absolute atomic E-state index is 0.147. The minimum atomic E-state index is 0.147. The Morgan fingerprint density at radius 1 is 0.820 bits per heavy atom. The summed E-state index contributed by atoms with van der Waals surface area (Å²) in [6, 6.07) is 23.1. The van der Waals surface area contributed by atoms with Crippen LogP contribution in [0.15, 0.2) is 176 Å². The molecule has 0 radical (unpaired) electrons. The average molecular weight is 649 g/mol. The van der Waals surface area contributed by atoms with E-state index in [-0.39, 0.29) is 5.92 Å². The van der Waals surface area contributed by atoms with Gasteiger partial charge >= 0.3 is 0 Å². The van der Waals surface area contributed by atoms with E-state index in [0.29, 0.717) is 5.92 Å². The molecular formula is C48H44N2. The van der Waals surface area contributed by atoms with Gasteiger partial charge < -0.3 is 0 Å². The summed E-state index contributed by atoms with van der Waals surface area (Å²) >= 11 is 0. The fraction of sp³-hybridized carbons (Fsp3) is 0.167. The molecule has 1 saturated carbocycles. The molecule has 2 heterocycles. The molecule has 3 aliphatic carbocycles. The molecule has 2 heteroatoms. The summed E-state index contributed by atoms with van der Waals surface area (Å²) < 4.78 is 0. The third-order valence-electron chi connectivity index (χ3n) is 10.3. The zero-order valence-electron chi connectivity index (χ0n) is 29.0. The highest BCUT2D eigenvalue weighted by Gasteiger charge is 2.38. The van der Waals surface area contributed by atoms with Crippen LogP contribution in [0.5, 0.6) is 0 Å². The number of nitrogens with zero attached hydrogens (tertiary/aromatic N) is 2. The van der Waals surface area contributed by atoms with Crippen LogP contribution in [0.1, 0.15) is 59.9 Å². The first-order valence-electron chi connectivity index (χ1n) is 17.8. The molecule has 0 amide bonds. The van der Waals surface area contributed by atoms with Gasteiger partial charge in [-0.3, -0.25) is 9.97 Å². The molecule has 0 saturated heterocycles. The van der Waals surface area contributed by atoms with E-state index in [1.54, 1.807) is 0 Å². The van der Waals surface area contributed by atoms with Crippen LogP contribution in [0.4, 0.5) is 0 Å². The lowest BCUT2D eigenvalue weighted by atomic mass is 9.78. The third-order valence-corrected chi connectivity index (χ3v) is 10.3. The standard InChI is InChI=1S/C48H44N2/c1-5-39-34(4)41(25-11-10-22-35-20-8-7-9-21-35)48-46(44-27-13-15-29-50-44)42(40(6-2)45(47(39)48)43-26-12-14-28-49-43)32-38-31-36-23-16-18-33(3)19-17-24-37(38)30-36/h6-21,23-29,38-39H,2-5,22,30-32H2,1H3/b11-10-,18-16-,19-17-,36-23+,37-24?,41-25+. The van der Waals surface area contributed by atoms with Crippen LogP contribution < -0.4 is 0 Å². The maximum absolute atomic E-state index is 5.03. The molecule has 4 aromatic rings. The van der Waals surface area contributed by atoms with Crippen molar-refractivity contribution in [1.29, 1.82) is 0 Å². The second-order valence-corrected chi connectivity index (χ2v) is 13.4. The van der Waals surface area contributed by atoms with Gasteiger partial charge in [-0.1, -0.05) is 141 Å². The summed E-state index contributed by atoms with van der Waals surface area (Å²) in [5, 5.41) is 0. The lowest BCUT2D eigenvalue weighted by molar-refractivity contribution is 0.652. The largest absolute Gasteiger partial charge is 0.256 e. The van der Waals surface area contributed by atoms with E-state index < -0.39 is 0 Å². The first-order valence-corrected chi connectivity index (χ1v) is 17.8. The summed E-state index contributed by atoms with van der Waals surface area (Å²) in [4.78, 5) is 10.0. The van der Waals surface area contributed by atoms with E-state index in [1.807, 2.05) is 24.5 Å². The summed E-state index contributed by atoms with van der Waals surface area (Å²) in [7, 11) is 0. The Morgan fingerprint density at radius 2 is 1.52 bits per heavy atom. The molecule has 3 aliphatic rings. The molecule has 2 atom stereocenters. The van der Waals surface area contributed by atoms with E-state index in [1.165, 1.54) is 50.1 Å². The number of fused-ring (bicyclic) bond motifs is 3.